The van der Waals surface area contributed by atoms with Crippen LogP contribution in [0.4, 0.5) is 10.1 Å². The molecule has 1 fully saturated rings. The van der Waals surface area contributed by atoms with Crippen molar-refractivity contribution in [3.8, 4) is 0 Å². The summed E-state index contributed by atoms with van der Waals surface area (Å²) in [7, 11) is 0. The van der Waals surface area contributed by atoms with Crippen molar-refractivity contribution >= 4 is 17.5 Å². The molecule has 1 saturated heterocycles. The molecular formula is C24H30FN3O2. The van der Waals surface area contributed by atoms with Gasteiger partial charge in [-0.05, 0) is 31.0 Å². The first kappa shape index (κ1) is 21.8. The smallest absolute Gasteiger partial charge is 0.253 e. The summed E-state index contributed by atoms with van der Waals surface area (Å²) < 4.78 is 13.8. The van der Waals surface area contributed by atoms with Gasteiger partial charge in [0.1, 0.15) is 5.82 Å². The molecule has 1 heterocycles. The van der Waals surface area contributed by atoms with Crippen LogP contribution in [0.3, 0.4) is 0 Å². The Hall–Kier alpha value is -2.89. The van der Waals surface area contributed by atoms with Crippen molar-refractivity contribution in [3.63, 3.8) is 0 Å². The Bertz CT molecular complexity index is 899. The fourth-order valence-corrected chi connectivity index (χ4v) is 3.52. The third-order valence-electron chi connectivity index (χ3n) is 5.40. The highest BCUT2D eigenvalue weighted by Gasteiger charge is 2.27. The summed E-state index contributed by atoms with van der Waals surface area (Å²) in [6, 6.07) is 14.1. The lowest BCUT2D eigenvalue weighted by Crippen LogP contribution is -2.48. The molecule has 2 N–H and O–H groups in total. The second-order valence-electron chi connectivity index (χ2n) is 8.78. The number of nitrogens with zero attached hydrogens (tertiary/aromatic N) is 1. The van der Waals surface area contributed by atoms with Crippen LogP contribution < -0.4 is 15.5 Å². The number of halogens is 1. The molecule has 0 aromatic heterocycles. The topological polar surface area (TPSA) is 61.4 Å². The Morgan fingerprint density at radius 1 is 1.03 bits per heavy atom. The number of hydrogen-bond acceptors (Lipinski definition) is 3. The molecule has 0 bridgehead atoms. The van der Waals surface area contributed by atoms with Gasteiger partial charge in [0.2, 0.25) is 5.91 Å². The Morgan fingerprint density at radius 2 is 1.67 bits per heavy atom. The zero-order chi connectivity index (χ0) is 21.7. The lowest BCUT2D eigenvalue weighted by Gasteiger charge is -2.35. The lowest BCUT2D eigenvalue weighted by molar-refractivity contribution is -0.129. The van der Waals surface area contributed by atoms with Crippen molar-refractivity contribution in [3.05, 3.63) is 65.5 Å². The van der Waals surface area contributed by atoms with Crippen LogP contribution in [0.15, 0.2) is 48.5 Å². The van der Waals surface area contributed by atoms with E-state index < -0.39 is 5.41 Å². The number of piperidine rings is 1. The monoisotopic (exact) mass is 411 g/mol. The van der Waals surface area contributed by atoms with Crippen LogP contribution in [0.5, 0.6) is 0 Å². The average Bonchev–Trinajstić information content (AvgIpc) is 2.73. The molecule has 1 aliphatic rings. The van der Waals surface area contributed by atoms with Crippen LogP contribution in [0.1, 0.15) is 49.5 Å². The first-order valence-electron chi connectivity index (χ1n) is 10.4. The highest BCUT2D eigenvalue weighted by atomic mass is 19.1. The maximum Gasteiger partial charge on any atom is 0.253 e. The summed E-state index contributed by atoms with van der Waals surface area (Å²) >= 11 is 0. The Kier molecular flexibility index (Phi) is 6.75. The maximum absolute atomic E-state index is 13.8. The van der Waals surface area contributed by atoms with E-state index in [1.54, 1.807) is 24.3 Å². The van der Waals surface area contributed by atoms with Gasteiger partial charge in [-0.3, -0.25) is 9.59 Å². The van der Waals surface area contributed by atoms with E-state index in [1.165, 1.54) is 6.07 Å². The van der Waals surface area contributed by atoms with Crippen molar-refractivity contribution in [2.24, 2.45) is 5.41 Å². The first-order chi connectivity index (χ1) is 14.3. The Balaban J connectivity index is 1.62. The van der Waals surface area contributed by atoms with Crippen LogP contribution in [0, 0.1) is 11.2 Å². The summed E-state index contributed by atoms with van der Waals surface area (Å²) in [6.45, 7) is 7.38. The van der Waals surface area contributed by atoms with Gasteiger partial charge in [-0.1, -0.05) is 51.1 Å². The Labute approximate surface area is 177 Å². The Morgan fingerprint density at radius 3 is 2.33 bits per heavy atom. The number of para-hydroxylation sites is 1. The number of carbonyl (C=O) groups is 2. The van der Waals surface area contributed by atoms with Crippen LogP contribution in [0.2, 0.25) is 0 Å². The molecule has 30 heavy (non-hydrogen) atoms. The average molecular weight is 412 g/mol. The molecule has 2 aromatic carbocycles. The zero-order valence-corrected chi connectivity index (χ0v) is 17.9. The van der Waals surface area contributed by atoms with Gasteiger partial charge < -0.3 is 15.5 Å². The van der Waals surface area contributed by atoms with E-state index in [9.17, 15) is 14.0 Å². The molecule has 5 nitrogen and oxygen atoms in total. The number of rotatable bonds is 5. The number of hydrogen-bond donors (Lipinski definition) is 2. The summed E-state index contributed by atoms with van der Waals surface area (Å²) in [5, 5.41) is 5.96. The number of benzene rings is 2. The van der Waals surface area contributed by atoms with E-state index >= 15 is 0 Å². The molecule has 1 aliphatic heterocycles. The highest BCUT2D eigenvalue weighted by Crippen LogP contribution is 2.25. The van der Waals surface area contributed by atoms with Gasteiger partial charge >= 0.3 is 0 Å². The largest absolute Gasteiger partial charge is 0.371 e. The lowest BCUT2D eigenvalue weighted by atomic mass is 9.94. The third kappa shape index (κ3) is 5.38. The second kappa shape index (κ2) is 9.28. The number of carbonyl (C=O) groups excluding carboxylic acids is 2. The third-order valence-corrected chi connectivity index (χ3v) is 5.40. The second-order valence-corrected chi connectivity index (χ2v) is 8.78. The van der Waals surface area contributed by atoms with E-state index in [2.05, 4.69) is 15.5 Å². The minimum absolute atomic E-state index is 0.0638. The molecule has 0 atom stereocenters. The summed E-state index contributed by atoms with van der Waals surface area (Å²) in [5.74, 6) is -0.489. The van der Waals surface area contributed by atoms with Gasteiger partial charge in [-0.25, -0.2) is 4.39 Å². The van der Waals surface area contributed by atoms with Gasteiger partial charge in [0.15, 0.2) is 0 Å². The first-order valence-corrected chi connectivity index (χ1v) is 10.4. The van der Waals surface area contributed by atoms with Crippen LogP contribution in [0.25, 0.3) is 0 Å². The fraction of sp³-hybridized carbons (Fsp3) is 0.417. The molecular weight excluding hydrogens is 381 g/mol. The molecule has 3 rings (SSSR count). The van der Waals surface area contributed by atoms with E-state index in [0.717, 1.165) is 31.6 Å². The van der Waals surface area contributed by atoms with Crippen LogP contribution in [-0.2, 0) is 11.3 Å². The minimum Gasteiger partial charge on any atom is -0.371 e. The number of amides is 2. The van der Waals surface area contributed by atoms with Crippen molar-refractivity contribution in [2.75, 3.05) is 18.0 Å². The van der Waals surface area contributed by atoms with Gasteiger partial charge in [0.25, 0.3) is 5.91 Å². The fourth-order valence-electron chi connectivity index (χ4n) is 3.52. The van der Waals surface area contributed by atoms with Crippen LogP contribution >= 0.6 is 0 Å². The summed E-state index contributed by atoms with van der Waals surface area (Å²) in [6.07, 6.45) is 1.65. The summed E-state index contributed by atoms with van der Waals surface area (Å²) in [4.78, 5) is 27.2. The van der Waals surface area contributed by atoms with Gasteiger partial charge in [-0.2, -0.15) is 0 Å². The van der Waals surface area contributed by atoms with Crippen molar-refractivity contribution in [1.82, 2.24) is 10.6 Å². The van der Waals surface area contributed by atoms with E-state index in [4.69, 9.17) is 0 Å². The van der Waals surface area contributed by atoms with E-state index in [-0.39, 0.29) is 30.2 Å². The molecule has 0 aliphatic carbocycles. The molecule has 6 heteroatoms. The SMILES string of the molecule is CC(C)(C)C(=O)NC1CCN(c2ccccc2C(=O)NCc2ccccc2F)CC1. The molecule has 2 amide bonds. The normalized spacial score (nSPS) is 15.0. The van der Waals surface area contributed by atoms with Crippen molar-refractivity contribution in [1.29, 1.82) is 0 Å². The molecule has 0 saturated carbocycles. The van der Waals surface area contributed by atoms with Gasteiger partial charge in [-0.15, -0.1) is 0 Å². The molecule has 160 valence electrons. The van der Waals surface area contributed by atoms with Gasteiger partial charge in [0.05, 0.1) is 5.56 Å². The molecule has 0 spiro atoms. The number of nitrogens with one attached hydrogen (secondary N) is 2. The van der Waals surface area contributed by atoms with Crippen molar-refractivity contribution in [2.45, 2.75) is 46.2 Å². The molecule has 2 aromatic rings. The zero-order valence-electron chi connectivity index (χ0n) is 17.9. The number of anilines is 1. The quantitative estimate of drug-likeness (QED) is 0.785. The van der Waals surface area contributed by atoms with Crippen molar-refractivity contribution < 1.29 is 14.0 Å². The standard InChI is InChI=1S/C24H30FN3O2/c1-24(2,3)23(30)27-18-12-14-28(15-13-18)21-11-7-5-9-19(21)22(29)26-16-17-8-4-6-10-20(17)25/h4-11,18H,12-16H2,1-3H3,(H,26,29)(H,27,30). The predicted molar refractivity (Wildman–Crippen MR) is 117 cm³/mol. The molecule has 0 radical (unpaired) electrons. The van der Waals surface area contributed by atoms with Crippen LogP contribution in [-0.4, -0.2) is 30.9 Å². The van der Waals surface area contributed by atoms with Gasteiger partial charge in [0, 0.05) is 42.3 Å². The molecule has 0 unspecified atom stereocenters. The highest BCUT2D eigenvalue weighted by molar-refractivity contribution is 5.99. The maximum atomic E-state index is 13.8. The predicted octanol–water partition coefficient (Wildman–Crippen LogP) is 3.89. The minimum atomic E-state index is -0.403. The summed E-state index contributed by atoms with van der Waals surface area (Å²) in [5.41, 5.74) is 1.49. The van der Waals surface area contributed by atoms with E-state index in [0.29, 0.717) is 11.1 Å². The van der Waals surface area contributed by atoms with E-state index in [1.807, 2.05) is 39.0 Å².